The molecule has 0 aliphatic rings. The van der Waals surface area contributed by atoms with Crippen molar-refractivity contribution < 1.29 is 0 Å². The zero-order valence-electron chi connectivity index (χ0n) is 14.1. The maximum atomic E-state index is 6.07. The topological polar surface area (TPSA) is 82.5 Å². The second-order valence-electron chi connectivity index (χ2n) is 6.02. The number of anilines is 1. The molecule has 2 atom stereocenters. The Morgan fingerprint density at radius 1 is 0.885 bits per heavy atom. The minimum absolute atomic E-state index is 0.0659. The van der Waals surface area contributed by atoms with E-state index >= 15 is 0 Å². The number of rotatable bonds is 5. The molecule has 0 fully saturated rings. The molecular formula is C20H18N6. The predicted molar refractivity (Wildman–Crippen MR) is 99.3 cm³/mol. The van der Waals surface area contributed by atoms with E-state index in [2.05, 4.69) is 32.4 Å². The molecule has 0 saturated heterocycles. The van der Waals surface area contributed by atoms with Gasteiger partial charge < -0.3 is 5.73 Å². The predicted octanol–water partition coefficient (Wildman–Crippen LogP) is 3.07. The van der Waals surface area contributed by atoms with Gasteiger partial charge in [0.15, 0.2) is 0 Å². The van der Waals surface area contributed by atoms with Gasteiger partial charge in [-0.2, -0.15) is 0 Å². The van der Waals surface area contributed by atoms with E-state index in [4.69, 9.17) is 5.73 Å². The summed E-state index contributed by atoms with van der Waals surface area (Å²) >= 11 is 0. The zero-order chi connectivity index (χ0) is 17.8. The summed E-state index contributed by atoms with van der Waals surface area (Å²) < 4.78 is 1.84. The molecule has 6 nitrogen and oxygen atoms in total. The van der Waals surface area contributed by atoms with Gasteiger partial charge in [0.2, 0.25) is 0 Å². The van der Waals surface area contributed by atoms with Gasteiger partial charge in [-0.25, -0.2) is 4.68 Å². The standard InChI is InChI=1S/C20H18N6/c21-17-7-3-5-15(13-17)19(16-6-4-9-22-14-16)20(26-12-11-24-25-26)18-8-1-2-10-23-18/h1-14,19-20H,21H2. The summed E-state index contributed by atoms with van der Waals surface area (Å²) in [4.78, 5) is 8.90. The Morgan fingerprint density at radius 3 is 2.50 bits per heavy atom. The second-order valence-corrected chi connectivity index (χ2v) is 6.02. The molecule has 128 valence electrons. The first-order chi connectivity index (χ1) is 12.8. The highest BCUT2D eigenvalue weighted by molar-refractivity contribution is 5.45. The summed E-state index contributed by atoms with van der Waals surface area (Å²) in [5.74, 6) is -0.0659. The number of hydrogen-bond acceptors (Lipinski definition) is 5. The molecule has 0 aliphatic heterocycles. The molecule has 6 heteroatoms. The quantitative estimate of drug-likeness (QED) is 0.564. The monoisotopic (exact) mass is 342 g/mol. The summed E-state index contributed by atoms with van der Waals surface area (Å²) in [6.45, 7) is 0. The number of pyridine rings is 2. The average Bonchev–Trinajstić information content (AvgIpc) is 3.21. The molecule has 26 heavy (non-hydrogen) atoms. The third-order valence-electron chi connectivity index (χ3n) is 4.35. The van der Waals surface area contributed by atoms with E-state index in [9.17, 15) is 0 Å². The van der Waals surface area contributed by atoms with Gasteiger partial charge in [0.1, 0.15) is 6.04 Å². The second kappa shape index (κ2) is 7.14. The number of nitrogens with zero attached hydrogens (tertiary/aromatic N) is 5. The Labute approximate surface area is 151 Å². The van der Waals surface area contributed by atoms with Crippen molar-refractivity contribution in [2.75, 3.05) is 5.73 Å². The van der Waals surface area contributed by atoms with Crippen LogP contribution >= 0.6 is 0 Å². The lowest BCUT2D eigenvalue weighted by atomic mass is 9.84. The lowest BCUT2D eigenvalue weighted by Crippen LogP contribution is -2.22. The lowest BCUT2D eigenvalue weighted by molar-refractivity contribution is 0.451. The van der Waals surface area contributed by atoms with Crippen LogP contribution < -0.4 is 5.73 Å². The van der Waals surface area contributed by atoms with Gasteiger partial charge in [-0.05, 0) is 41.5 Å². The normalized spacial score (nSPS) is 13.2. The fourth-order valence-electron chi connectivity index (χ4n) is 3.25. The molecule has 0 bridgehead atoms. The Balaban J connectivity index is 1.93. The van der Waals surface area contributed by atoms with Crippen molar-refractivity contribution in [2.24, 2.45) is 0 Å². The largest absolute Gasteiger partial charge is 0.399 e. The summed E-state index contributed by atoms with van der Waals surface area (Å²) in [5.41, 5.74) is 9.81. The Bertz CT molecular complexity index is 954. The van der Waals surface area contributed by atoms with Gasteiger partial charge >= 0.3 is 0 Å². The molecule has 3 aromatic heterocycles. The van der Waals surface area contributed by atoms with Crippen LogP contribution in [0.3, 0.4) is 0 Å². The molecule has 2 unspecified atom stereocenters. The third-order valence-corrected chi connectivity index (χ3v) is 4.35. The van der Waals surface area contributed by atoms with Gasteiger partial charge in [0.05, 0.1) is 11.9 Å². The minimum atomic E-state index is -0.176. The number of nitrogen functional groups attached to an aromatic ring is 1. The van der Waals surface area contributed by atoms with Crippen molar-refractivity contribution in [2.45, 2.75) is 12.0 Å². The Kier molecular flexibility index (Phi) is 4.38. The van der Waals surface area contributed by atoms with Crippen molar-refractivity contribution in [1.29, 1.82) is 0 Å². The molecule has 4 aromatic rings. The first kappa shape index (κ1) is 16.0. The molecule has 0 saturated carbocycles. The average molecular weight is 342 g/mol. The number of hydrogen-bond donors (Lipinski definition) is 1. The van der Waals surface area contributed by atoms with E-state index in [1.165, 1.54) is 0 Å². The van der Waals surface area contributed by atoms with Gasteiger partial charge in [-0.3, -0.25) is 9.97 Å². The summed E-state index contributed by atoms with van der Waals surface area (Å²) in [6.07, 6.45) is 8.97. The van der Waals surface area contributed by atoms with E-state index in [-0.39, 0.29) is 12.0 Å². The van der Waals surface area contributed by atoms with Crippen molar-refractivity contribution in [3.63, 3.8) is 0 Å². The van der Waals surface area contributed by atoms with E-state index < -0.39 is 0 Å². The highest BCUT2D eigenvalue weighted by Gasteiger charge is 2.30. The highest BCUT2D eigenvalue weighted by atomic mass is 15.4. The number of aromatic nitrogens is 5. The molecule has 0 amide bonds. The zero-order valence-corrected chi connectivity index (χ0v) is 14.1. The van der Waals surface area contributed by atoms with Crippen LogP contribution in [0, 0.1) is 0 Å². The maximum absolute atomic E-state index is 6.07. The van der Waals surface area contributed by atoms with E-state index in [1.54, 1.807) is 18.6 Å². The van der Waals surface area contributed by atoms with Crippen LogP contribution in [0.15, 0.2) is 85.6 Å². The molecule has 1 aromatic carbocycles. The summed E-state index contributed by atoms with van der Waals surface area (Å²) in [7, 11) is 0. The van der Waals surface area contributed by atoms with Gasteiger partial charge in [-0.15, -0.1) is 5.10 Å². The Hall–Kier alpha value is -3.54. The van der Waals surface area contributed by atoms with Crippen LogP contribution in [0.1, 0.15) is 28.8 Å². The van der Waals surface area contributed by atoms with Crippen molar-refractivity contribution in [3.8, 4) is 0 Å². The molecule has 4 rings (SSSR count). The molecule has 2 N–H and O–H groups in total. The van der Waals surface area contributed by atoms with Crippen LogP contribution in [-0.2, 0) is 0 Å². The molecule has 0 aliphatic carbocycles. The van der Waals surface area contributed by atoms with Crippen molar-refractivity contribution in [3.05, 3.63) is 102 Å². The molecule has 3 heterocycles. The van der Waals surface area contributed by atoms with Gasteiger partial charge in [-0.1, -0.05) is 29.5 Å². The van der Waals surface area contributed by atoms with Crippen molar-refractivity contribution >= 4 is 5.69 Å². The third kappa shape index (κ3) is 3.17. The van der Waals surface area contributed by atoms with E-state index in [1.807, 2.05) is 59.5 Å². The van der Waals surface area contributed by atoms with Crippen molar-refractivity contribution in [1.82, 2.24) is 25.0 Å². The fraction of sp³-hybridized carbons (Fsp3) is 0.100. The first-order valence-corrected chi connectivity index (χ1v) is 8.35. The van der Waals surface area contributed by atoms with Crippen LogP contribution in [-0.4, -0.2) is 25.0 Å². The fourth-order valence-corrected chi connectivity index (χ4v) is 3.25. The van der Waals surface area contributed by atoms with Crippen LogP contribution in [0.2, 0.25) is 0 Å². The van der Waals surface area contributed by atoms with Gasteiger partial charge in [0.25, 0.3) is 0 Å². The summed E-state index contributed by atoms with van der Waals surface area (Å²) in [6, 6.07) is 17.6. The van der Waals surface area contributed by atoms with E-state index in [0.717, 1.165) is 22.5 Å². The molecule has 0 spiro atoms. The van der Waals surface area contributed by atoms with Crippen LogP contribution in [0.25, 0.3) is 0 Å². The van der Waals surface area contributed by atoms with Gasteiger partial charge in [0, 0.05) is 36.4 Å². The highest BCUT2D eigenvalue weighted by Crippen LogP contribution is 2.38. The molecule has 0 radical (unpaired) electrons. The van der Waals surface area contributed by atoms with Crippen LogP contribution in [0.5, 0.6) is 0 Å². The number of nitrogens with two attached hydrogens (primary N) is 1. The SMILES string of the molecule is Nc1cccc(C(c2cccnc2)C(c2ccccn2)n2ccnn2)c1. The van der Waals surface area contributed by atoms with E-state index in [0.29, 0.717) is 0 Å². The Morgan fingerprint density at radius 2 is 1.81 bits per heavy atom. The lowest BCUT2D eigenvalue weighted by Gasteiger charge is -2.27. The first-order valence-electron chi connectivity index (χ1n) is 8.35. The smallest absolute Gasteiger partial charge is 0.107 e. The minimum Gasteiger partial charge on any atom is -0.399 e. The summed E-state index contributed by atoms with van der Waals surface area (Å²) in [5, 5.41) is 8.26. The maximum Gasteiger partial charge on any atom is 0.107 e. The van der Waals surface area contributed by atoms with Crippen LogP contribution in [0.4, 0.5) is 5.69 Å². The number of benzene rings is 1. The molecular weight excluding hydrogens is 324 g/mol.